The van der Waals surface area contributed by atoms with E-state index in [2.05, 4.69) is 0 Å². The number of hydrogen-bond donors (Lipinski definition) is 1. The van der Waals surface area contributed by atoms with E-state index in [4.69, 9.17) is 5.11 Å². The Morgan fingerprint density at radius 1 is 1.20 bits per heavy atom. The van der Waals surface area contributed by atoms with Gasteiger partial charge in [0, 0.05) is 12.2 Å². The average molecular weight is 273 g/mol. The van der Waals surface area contributed by atoms with Crippen molar-refractivity contribution < 1.29 is 14.3 Å². The van der Waals surface area contributed by atoms with Crippen molar-refractivity contribution in [1.82, 2.24) is 0 Å². The second kappa shape index (κ2) is 6.19. The van der Waals surface area contributed by atoms with Gasteiger partial charge in [-0.2, -0.15) is 0 Å². The summed E-state index contributed by atoms with van der Waals surface area (Å²) < 4.78 is 13.0. The van der Waals surface area contributed by atoms with Gasteiger partial charge in [0.25, 0.3) is 0 Å². The fraction of sp³-hybridized carbons (Fsp3) is 0.188. The van der Waals surface area contributed by atoms with Crippen LogP contribution in [0.15, 0.2) is 48.5 Å². The van der Waals surface area contributed by atoms with Crippen LogP contribution in [0.3, 0.4) is 0 Å². The third-order valence-corrected chi connectivity index (χ3v) is 2.97. The minimum atomic E-state index is -0.915. The highest BCUT2D eigenvalue weighted by Crippen LogP contribution is 2.18. The van der Waals surface area contributed by atoms with E-state index in [0.29, 0.717) is 12.2 Å². The van der Waals surface area contributed by atoms with Gasteiger partial charge >= 0.3 is 5.97 Å². The number of rotatable bonds is 5. The number of hydrogen-bond acceptors (Lipinski definition) is 2. The third kappa shape index (κ3) is 3.82. The highest BCUT2D eigenvalue weighted by molar-refractivity contribution is 5.73. The van der Waals surface area contributed by atoms with Gasteiger partial charge in [-0.3, -0.25) is 4.79 Å². The molecule has 104 valence electrons. The predicted octanol–water partition coefficient (Wildman–Crippen LogP) is 3.23. The van der Waals surface area contributed by atoms with Gasteiger partial charge in [0.05, 0.1) is 0 Å². The topological polar surface area (TPSA) is 40.5 Å². The first-order valence-electron chi connectivity index (χ1n) is 6.32. The quantitative estimate of drug-likeness (QED) is 0.909. The van der Waals surface area contributed by atoms with E-state index in [9.17, 15) is 9.18 Å². The zero-order valence-corrected chi connectivity index (χ0v) is 11.2. The Kier molecular flexibility index (Phi) is 4.35. The van der Waals surface area contributed by atoms with Crippen molar-refractivity contribution in [1.29, 1.82) is 0 Å². The molecule has 0 atom stereocenters. The van der Waals surface area contributed by atoms with Crippen molar-refractivity contribution in [2.45, 2.75) is 13.5 Å². The number of halogens is 1. The zero-order chi connectivity index (χ0) is 14.5. The van der Waals surface area contributed by atoms with E-state index in [1.54, 1.807) is 17.0 Å². The van der Waals surface area contributed by atoms with E-state index in [1.807, 2.05) is 31.2 Å². The van der Waals surface area contributed by atoms with Crippen LogP contribution in [0, 0.1) is 12.7 Å². The van der Waals surface area contributed by atoms with Gasteiger partial charge in [0.1, 0.15) is 12.4 Å². The Morgan fingerprint density at radius 3 is 2.50 bits per heavy atom. The van der Waals surface area contributed by atoms with E-state index in [0.717, 1.165) is 11.1 Å². The molecule has 0 aliphatic rings. The van der Waals surface area contributed by atoms with E-state index in [-0.39, 0.29) is 12.4 Å². The van der Waals surface area contributed by atoms with Crippen LogP contribution in [0.4, 0.5) is 10.1 Å². The summed E-state index contributed by atoms with van der Waals surface area (Å²) in [4.78, 5) is 12.7. The lowest BCUT2D eigenvalue weighted by molar-refractivity contribution is -0.135. The van der Waals surface area contributed by atoms with E-state index in [1.165, 1.54) is 12.1 Å². The number of nitrogens with zero attached hydrogens (tertiary/aromatic N) is 1. The Bertz CT molecular complexity index is 596. The van der Waals surface area contributed by atoms with Gasteiger partial charge in [0.2, 0.25) is 0 Å². The van der Waals surface area contributed by atoms with Crippen LogP contribution >= 0.6 is 0 Å². The first-order valence-corrected chi connectivity index (χ1v) is 6.32. The Balaban J connectivity index is 2.23. The molecule has 4 heteroatoms. The highest BCUT2D eigenvalue weighted by atomic mass is 19.1. The summed E-state index contributed by atoms with van der Waals surface area (Å²) in [5, 5.41) is 9.02. The Labute approximate surface area is 117 Å². The average Bonchev–Trinajstić information content (AvgIpc) is 2.38. The molecule has 0 saturated carbocycles. The van der Waals surface area contributed by atoms with E-state index >= 15 is 0 Å². The molecule has 2 aromatic carbocycles. The number of carboxylic acids is 1. The molecule has 1 N–H and O–H groups in total. The molecule has 0 aromatic heterocycles. The minimum Gasteiger partial charge on any atom is -0.480 e. The molecule has 3 nitrogen and oxygen atoms in total. The van der Waals surface area contributed by atoms with Crippen LogP contribution in [0.1, 0.15) is 11.1 Å². The van der Waals surface area contributed by atoms with Crippen molar-refractivity contribution >= 4 is 11.7 Å². The molecule has 0 unspecified atom stereocenters. The van der Waals surface area contributed by atoms with Gasteiger partial charge < -0.3 is 10.0 Å². The number of carbonyl (C=O) groups is 1. The smallest absolute Gasteiger partial charge is 0.323 e. The molecule has 2 aromatic rings. The maximum atomic E-state index is 13.0. The molecule has 0 radical (unpaired) electrons. The molecule has 0 aliphatic carbocycles. The summed E-state index contributed by atoms with van der Waals surface area (Å²) >= 11 is 0. The normalized spacial score (nSPS) is 10.3. The Hall–Kier alpha value is -2.36. The van der Waals surface area contributed by atoms with Gasteiger partial charge in [-0.15, -0.1) is 0 Å². The van der Waals surface area contributed by atoms with Crippen molar-refractivity contribution in [3.8, 4) is 0 Å². The van der Waals surface area contributed by atoms with E-state index < -0.39 is 5.97 Å². The number of anilines is 1. The molecule has 0 spiro atoms. The van der Waals surface area contributed by atoms with Gasteiger partial charge in [0.15, 0.2) is 0 Å². The molecule has 0 saturated heterocycles. The first kappa shape index (κ1) is 14.1. The fourth-order valence-corrected chi connectivity index (χ4v) is 2.08. The van der Waals surface area contributed by atoms with Gasteiger partial charge in [-0.1, -0.05) is 29.8 Å². The summed E-state index contributed by atoms with van der Waals surface area (Å²) in [6.07, 6.45) is 0. The van der Waals surface area contributed by atoms with Crippen LogP contribution in [-0.2, 0) is 11.3 Å². The summed E-state index contributed by atoms with van der Waals surface area (Å²) in [7, 11) is 0. The minimum absolute atomic E-state index is 0.125. The molecule has 20 heavy (non-hydrogen) atoms. The molecule has 0 heterocycles. The SMILES string of the molecule is Cc1cccc(CN(CC(=O)O)c2ccc(F)cc2)c1. The molecule has 0 aliphatic heterocycles. The van der Waals surface area contributed by atoms with Gasteiger partial charge in [-0.05, 0) is 36.8 Å². The van der Waals surface area contributed by atoms with Crippen molar-refractivity contribution in [2.24, 2.45) is 0 Å². The lowest BCUT2D eigenvalue weighted by Crippen LogP contribution is -2.29. The fourth-order valence-electron chi connectivity index (χ4n) is 2.08. The summed E-state index contributed by atoms with van der Waals surface area (Å²) in [6.45, 7) is 2.34. The van der Waals surface area contributed by atoms with Crippen molar-refractivity contribution in [2.75, 3.05) is 11.4 Å². The molecule has 0 bridgehead atoms. The summed E-state index contributed by atoms with van der Waals surface area (Å²) in [6, 6.07) is 13.7. The Morgan fingerprint density at radius 2 is 1.90 bits per heavy atom. The summed E-state index contributed by atoms with van der Waals surface area (Å²) in [5.41, 5.74) is 2.84. The van der Waals surface area contributed by atoms with Crippen LogP contribution in [0.5, 0.6) is 0 Å². The van der Waals surface area contributed by atoms with Crippen molar-refractivity contribution in [3.63, 3.8) is 0 Å². The molecule has 2 rings (SSSR count). The standard InChI is InChI=1S/C16H16FNO2/c1-12-3-2-4-13(9-12)10-18(11-16(19)20)15-7-5-14(17)6-8-15/h2-9H,10-11H2,1H3,(H,19,20). The first-order chi connectivity index (χ1) is 9.54. The highest BCUT2D eigenvalue weighted by Gasteiger charge is 2.11. The zero-order valence-electron chi connectivity index (χ0n) is 11.2. The van der Waals surface area contributed by atoms with Crippen LogP contribution in [0.25, 0.3) is 0 Å². The number of aliphatic carboxylic acids is 1. The monoisotopic (exact) mass is 273 g/mol. The maximum absolute atomic E-state index is 13.0. The number of benzene rings is 2. The van der Waals surface area contributed by atoms with Crippen LogP contribution < -0.4 is 4.90 Å². The predicted molar refractivity (Wildman–Crippen MR) is 76.3 cm³/mol. The lowest BCUT2D eigenvalue weighted by Gasteiger charge is -2.23. The molecular formula is C16H16FNO2. The third-order valence-electron chi connectivity index (χ3n) is 2.97. The van der Waals surface area contributed by atoms with Crippen LogP contribution in [0.2, 0.25) is 0 Å². The largest absolute Gasteiger partial charge is 0.480 e. The molecular weight excluding hydrogens is 257 g/mol. The number of aryl methyl sites for hydroxylation is 1. The molecule has 0 fully saturated rings. The summed E-state index contributed by atoms with van der Waals surface area (Å²) in [5.74, 6) is -1.25. The van der Waals surface area contributed by atoms with Gasteiger partial charge in [-0.25, -0.2) is 4.39 Å². The lowest BCUT2D eigenvalue weighted by atomic mass is 10.1. The molecule has 0 amide bonds. The van der Waals surface area contributed by atoms with Crippen LogP contribution in [-0.4, -0.2) is 17.6 Å². The maximum Gasteiger partial charge on any atom is 0.323 e. The second-order valence-corrected chi connectivity index (χ2v) is 4.72. The number of carboxylic acid groups (broad SMARTS) is 1. The van der Waals surface area contributed by atoms with Crippen molar-refractivity contribution in [3.05, 3.63) is 65.5 Å². The second-order valence-electron chi connectivity index (χ2n) is 4.72.